The third-order valence-electron chi connectivity index (χ3n) is 4.79. The molecule has 0 radical (unpaired) electrons. The van der Waals surface area contributed by atoms with Crippen LogP contribution in [0, 0.1) is 16.9 Å². The summed E-state index contributed by atoms with van der Waals surface area (Å²) >= 11 is 2.35. The lowest BCUT2D eigenvalue weighted by Crippen LogP contribution is -2.13. The standard InChI is InChI=1S/C19H22F2N2S2/c1-12(23-19-22-11-18(21)25-19)15(9-13-5-3-4-6-13)14-7-8-17(24-2)16(20)10-14/h7-8,10-11,13,15H,1,3-6,9H2,2H3,(H,22,23). The summed E-state index contributed by atoms with van der Waals surface area (Å²) in [6.07, 6.45) is 8.92. The van der Waals surface area contributed by atoms with Crippen molar-refractivity contribution in [3.05, 3.63) is 53.2 Å². The van der Waals surface area contributed by atoms with Gasteiger partial charge in [-0.2, -0.15) is 4.39 Å². The van der Waals surface area contributed by atoms with Gasteiger partial charge >= 0.3 is 0 Å². The molecule has 1 fully saturated rings. The Bertz CT molecular complexity index is 739. The zero-order chi connectivity index (χ0) is 17.8. The summed E-state index contributed by atoms with van der Waals surface area (Å²) in [6.45, 7) is 4.16. The smallest absolute Gasteiger partial charge is 0.198 e. The molecule has 1 aromatic carbocycles. The number of aromatic nitrogens is 1. The van der Waals surface area contributed by atoms with Gasteiger partial charge < -0.3 is 5.32 Å². The maximum absolute atomic E-state index is 14.3. The van der Waals surface area contributed by atoms with Gasteiger partial charge in [-0.25, -0.2) is 9.37 Å². The van der Waals surface area contributed by atoms with Crippen molar-refractivity contribution in [1.82, 2.24) is 4.98 Å². The minimum atomic E-state index is -0.335. The van der Waals surface area contributed by atoms with Crippen LogP contribution >= 0.6 is 23.1 Å². The minimum absolute atomic E-state index is 0.0135. The molecule has 0 bridgehead atoms. The monoisotopic (exact) mass is 380 g/mol. The maximum Gasteiger partial charge on any atom is 0.198 e. The van der Waals surface area contributed by atoms with Gasteiger partial charge in [-0.3, -0.25) is 0 Å². The summed E-state index contributed by atoms with van der Waals surface area (Å²) in [5.41, 5.74) is 1.66. The highest BCUT2D eigenvalue weighted by Gasteiger charge is 2.24. The molecule has 3 rings (SSSR count). The van der Waals surface area contributed by atoms with Crippen molar-refractivity contribution in [3.8, 4) is 0 Å². The number of benzene rings is 1. The molecule has 25 heavy (non-hydrogen) atoms. The second-order valence-corrected chi connectivity index (χ2v) is 8.28. The fourth-order valence-electron chi connectivity index (χ4n) is 3.49. The van der Waals surface area contributed by atoms with Gasteiger partial charge in [-0.05, 0) is 36.3 Å². The number of thioether (sulfide) groups is 1. The molecule has 1 saturated carbocycles. The molecule has 0 aliphatic heterocycles. The lowest BCUT2D eigenvalue weighted by atomic mass is 9.86. The van der Waals surface area contributed by atoms with Crippen molar-refractivity contribution in [2.75, 3.05) is 11.6 Å². The minimum Gasteiger partial charge on any atom is -0.335 e. The van der Waals surface area contributed by atoms with Crippen LogP contribution in [0.4, 0.5) is 13.9 Å². The molecular formula is C19H22F2N2S2. The molecule has 1 atom stereocenters. The molecule has 2 aromatic rings. The van der Waals surface area contributed by atoms with Gasteiger partial charge in [0.15, 0.2) is 10.3 Å². The summed E-state index contributed by atoms with van der Waals surface area (Å²) in [6, 6.07) is 5.41. The van der Waals surface area contributed by atoms with E-state index < -0.39 is 0 Å². The molecule has 1 unspecified atom stereocenters. The summed E-state index contributed by atoms with van der Waals surface area (Å²) in [5.74, 6) is 0.412. The molecule has 0 amide bonds. The number of nitrogens with zero attached hydrogens (tertiary/aromatic N) is 1. The average Bonchev–Trinajstić information content (AvgIpc) is 3.24. The number of anilines is 1. The van der Waals surface area contributed by atoms with Crippen LogP contribution in [0.15, 0.2) is 41.6 Å². The van der Waals surface area contributed by atoms with Crippen molar-refractivity contribution in [2.45, 2.75) is 42.9 Å². The molecule has 1 aliphatic carbocycles. The molecular weight excluding hydrogens is 358 g/mol. The van der Waals surface area contributed by atoms with Gasteiger partial charge in [0.05, 0.1) is 6.20 Å². The third kappa shape index (κ3) is 4.61. The van der Waals surface area contributed by atoms with Gasteiger partial charge in [-0.1, -0.05) is 49.7 Å². The van der Waals surface area contributed by atoms with E-state index in [0.29, 0.717) is 15.9 Å². The average molecular weight is 381 g/mol. The molecule has 1 heterocycles. The van der Waals surface area contributed by atoms with Crippen LogP contribution in [0.1, 0.15) is 43.6 Å². The maximum atomic E-state index is 14.3. The summed E-state index contributed by atoms with van der Waals surface area (Å²) in [5, 5.41) is 3.28. The molecule has 1 aromatic heterocycles. The van der Waals surface area contributed by atoms with Crippen molar-refractivity contribution in [2.24, 2.45) is 5.92 Å². The Morgan fingerprint density at radius 3 is 2.76 bits per heavy atom. The molecule has 0 spiro atoms. The first kappa shape index (κ1) is 18.4. The van der Waals surface area contributed by atoms with Crippen LogP contribution in [0.5, 0.6) is 0 Å². The van der Waals surface area contributed by atoms with E-state index in [1.54, 1.807) is 6.07 Å². The highest BCUT2D eigenvalue weighted by atomic mass is 32.2. The number of rotatable bonds is 7. The summed E-state index contributed by atoms with van der Waals surface area (Å²) in [4.78, 5) is 4.65. The van der Waals surface area contributed by atoms with Crippen LogP contribution in [-0.2, 0) is 0 Å². The highest BCUT2D eigenvalue weighted by Crippen LogP contribution is 2.38. The molecule has 134 valence electrons. The van der Waals surface area contributed by atoms with E-state index in [4.69, 9.17) is 0 Å². The SMILES string of the molecule is C=C(Nc1ncc(F)s1)C(CC1CCCC1)c1ccc(SC)c(F)c1. The fourth-order valence-corrected chi connectivity index (χ4v) is 4.53. The second-order valence-electron chi connectivity index (χ2n) is 6.45. The zero-order valence-electron chi connectivity index (χ0n) is 14.2. The van der Waals surface area contributed by atoms with E-state index in [9.17, 15) is 8.78 Å². The molecule has 0 saturated heterocycles. The van der Waals surface area contributed by atoms with Crippen LogP contribution in [0.25, 0.3) is 0 Å². The molecule has 6 heteroatoms. The second kappa shape index (κ2) is 8.32. The van der Waals surface area contributed by atoms with E-state index in [2.05, 4.69) is 16.9 Å². The summed E-state index contributed by atoms with van der Waals surface area (Å²) < 4.78 is 27.5. The first-order valence-electron chi connectivity index (χ1n) is 8.47. The number of halogens is 2. The molecule has 1 N–H and O–H groups in total. The topological polar surface area (TPSA) is 24.9 Å². The molecule has 1 aliphatic rings. The van der Waals surface area contributed by atoms with Crippen LogP contribution < -0.4 is 5.32 Å². The Morgan fingerprint density at radius 2 is 2.16 bits per heavy atom. The largest absolute Gasteiger partial charge is 0.335 e. The fraction of sp³-hybridized carbons (Fsp3) is 0.421. The van der Waals surface area contributed by atoms with Crippen molar-refractivity contribution < 1.29 is 8.78 Å². The lowest BCUT2D eigenvalue weighted by molar-refractivity contribution is 0.469. The Labute approximate surface area is 155 Å². The van der Waals surface area contributed by atoms with E-state index in [1.165, 1.54) is 43.6 Å². The Hall–Kier alpha value is -1.40. The number of nitrogens with one attached hydrogen (secondary N) is 1. The van der Waals surface area contributed by atoms with E-state index in [1.807, 2.05) is 18.4 Å². The lowest BCUT2D eigenvalue weighted by Gasteiger charge is -2.24. The normalized spacial score (nSPS) is 16.1. The van der Waals surface area contributed by atoms with E-state index in [-0.39, 0.29) is 16.9 Å². The van der Waals surface area contributed by atoms with E-state index in [0.717, 1.165) is 29.0 Å². The predicted octanol–water partition coefficient (Wildman–Crippen LogP) is 6.43. The van der Waals surface area contributed by atoms with Gasteiger partial charge in [-0.15, -0.1) is 11.8 Å². The quantitative estimate of drug-likeness (QED) is 0.560. The number of hydrogen-bond acceptors (Lipinski definition) is 4. The number of allylic oxidation sites excluding steroid dienone is 1. The zero-order valence-corrected chi connectivity index (χ0v) is 15.9. The number of thiazole rings is 1. The van der Waals surface area contributed by atoms with Gasteiger partial charge in [0.2, 0.25) is 0 Å². The van der Waals surface area contributed by atoms with E-state index >= 15 is 0 Å². The Balaban J connectivity index is 1.83. The highest BCUT2D eigenvalue weighted by molar-refractivity contribution is 7.98. The van der Waals surface area contributed by atoms with Gasteiger partial charge in [0, 0.05) is 16.5 Å². The number of hydrogen-bond donors (Lipinski definition) is 1. The third-order valence-corrected chi connectivity index (χ3v) is 6.26. The molecule has 2 nitrogen and oxygen atoms in total. The van der Waals surface area contributed by atoms with Crippen molar-refractivity contribution in [1.29, 1.82) is 0 Å². The Morgan fingerprint density at radius 1 is 1.40 bits per heavy atom. The first-order chi connectivity index (χ1) is 12.1. The van der Waals surface area contributed by atoms with Crippen molar-refractivity contribution >= 4 is 28.2 Å². The first-order valence-corrected chi connectivity index (χ1v) is 10.5. The van der Waals surface area contributed by atoms with Gasteiger partial charge in [0.1, 0.15) is 5.82 Å². The van der Waals surface area contributed by atoms with Crippen LogP contribution in [0.2, 0.25) is 0 Å². The van der Waals surface area contributed by atoms with Crippen LogP contribution in [0.3, 0.4) is 0 Å². The van der Waals surface area contributed by atoms with Crippen LogP contribution in [-0.4, -0.2) is 11.2 Å². The van der Waals surface area contributed by atoms with Crippen molar-refractivity contribution in [3.63, 3.8) is 0 Å². The summed E-state index contributed by atoms with van der Waals surface area (Å²) in [7, 11) is 0. The van der Waals surface area contributed by atoms with Gasteiger partial charge in [0.25, 0.3) is 0 Å². The Kier molecular flexibility index (Phi) is 6.12. The predicted molar refractivity (Wildman–Crippen MR) is 102 cm³/mol.